The zero-order valence-corrected chi connectivity index (χ0v) is 10.2. The maximum absolute atomic E-state index is 11.1. The van der Waals surface area contributed by atoms with E-state index in [0.29, 0.717) is 12.3 Å². The van der Waals surface area contributed by atoms with Crippen molar-refractivity contribution < 1.29 is 14.6 Å². The fourth-order valence-corrected chi connectivity index (χ4v) is 1.94. The maximum Gasteiger partial charge on any atom is 0.348 e. The molecule has 7 heteroatoms. The Kier molecular flexibility index (Phi) is 2.79. The molecule has 1 heterocycles. The van der Waals surface area contributed by atoms with E-state index in [1.165, 1.54) is 23.4 Å². The summed E-state index contributed by atoms with van der Waals surface area (Å²) in [5.41, 5.74) is 10.6. The lowest BCUT2D eigenvalue weighted by Gasteiger charge is -2.12. The molecule has 1 aliphatic rings. The number of aromatic nitrogens is 2. The number of H-pyrrole nitrogens is 1. The molecule has 1 fully saturated rings. The quantitative estimate of drug-likeness (QED) is 0.615. The molecule has 98 valence electrons. The summed E-state index contributed by atoms with van der Waals surface area (Å²) in [5.74, 6) is 1.03. The standard InChI is InChI=1S/C12H13N5O2/c13-11-12(16-19-15-11)17(7-18)14-10-3-1-2-9(6-10)8-4-5-8/h1-3,6-8,14H,4-5H2,(H2,13,15)/p+1. The second-order valence-corrected chi connectivity index (χ2v) is 4.51. The molecule has 19 heavy (non-hydrogen) atoms. The minimum absolute atomic E-state index is 0.109. The third-order valence-corrected chi connectivity index (χ3v) is 3.06. The van der Waals surface area contributed by atoms with Crippen LogP contribution in [0.15, 0.2) is 28.9 Å². The van der Waals surface area contributed by atoms with Crippen LogP contribution in [0.1, 0.15) is 24.3 Å². The number of hydrogen-bond donors (Lipinski definition) is 2. The predicted octanol–water partition coefficient (Wildman–Crippen LogP) is 0.938. The van der Waals surface area contributed by atoms with Crippen molar-refractivity contribution in [1.82, 2.24) is 5.16 Å². The van der Waals surface area contributed by atoms with Crippen LogP contribution in [-0.4, -0.2) is 11.6 Å². The van der Waals surface area contributed by atoms with Gasteiger partial charge in [0.25, 0.3) is 6.41 Å². The van der Waals surface area contributed by atoms with E-state index in [0.717, 1.165) is 5.69 Å². The highest BCUT2D eigenvalue weighted by atomic mass is 16.6. The number of nitrogens with one attached hydrogen (secondary N) is 2. The lowest BCUT2D eigenvalue weighted by molar-refractivity contribution is -0.612. The summed E-state index contributed by atoms with van der Waals surface area (Å²) in [6, 6.07) is 7.96. The molecule has 0 bridgehead atoms. The zero-order chi connectivity index (χ0) is 13.2. The number of anilines is 3. The SMILES string of the molecule is Nc1no[nH+]c1N(C=O)Nc1cccc(C2CC2)c1. The van der Waals surface area contributed by atoms with Crippen LogP contribution in [0.5, 0.6) is 0 Å². The van der Waals surface area contributed by atoms with E-state index >= 15 is 0 Å². The number of rotatable bonds is 5. The zero-order valence-electron chi connectivity index (χ0n) is 10.2. The summed E-state index contributed by atoms with van der Waals surface area (Å²) in [5, 5.41) is 7.13. The summed E-state index contributed by atoms with van der Waals surface area (Å²) in [6.45, 7) is 0. The fraction of sp³-hybridized carbons (Fsp3) is 0.250. The molecule has 0 radical (unpaired) electrons. The second kappa shape index (κ2) is 4.60. The van der Waals surface area contributed by atoms with Crippen LogP contribution >= 0.6 is 0 Å². The van der Waals surface area contributed by atoms with E-state index in [-0.39, 0.29) is 11.6 Å². The van der Waals surface area contributed by atoms with Crippen LogP contribution in [0.25, 0.3) is 0 Å². The predicted molar refractivity (Wildman–Crippen MR) is 68.1 cm³/mol. The van der Waals surface area contributed by atoms with Gasteiger partial charge >= 0.3 is 11.6 Å². The molecule has 2 aromatic rings. The molecule has 1 aromatic carbocycles. The van der Waals surface area contributed by atoms with Gasteiger partial charge in [-0.15, -0.1) is 9.64 Å². The molecule has 4 N–H and O–H groups in total. The van der Waals surface area contributed by atoms with Gasteiger partial charge in [0.2, 0.25) is 0 Å². The first-order valence-corrected chi connectivity index (χ1v) is 6.02. The van der Waals surface area contributed by atoms with Gasteiger partial charge in [-0.3, -0.25) is 4.79 Å². The summed E-state index contributed by atoms with van der Waals surface area (Å²) in [4.78, 5) is 11.1. The first kappa shape index (κ1) is 11.5. The van der Waals surface area contributed by atoms with E-state index in [1.54, 1.807) is 0 Å². The van der Waals surface area contributed by atoms with Crippen LogP contribution in [0.3, 0.4) is 0 Å². The highest BCUT2D eigenvalue weighted by Crippen LogP contribution is 2.40. The van der Waals surface area contributed by atoms with E-state index in [4.69, 9.17) is 5.73 Å². The van der Waals surface area contributed by atoms with Crippen molar-refractivity contribution in [2.24, 2.45) is 0 Å². The molecule has 0 atom stereocenters. The van der Waals surface area contributed by atoms with Crippen molar-refractivity contribution in [3.05, 3.63) is 29.8 Å². The van der Waals surface area contributed by atoms with Gasteiger partial charge in [-0.05, 0) is 36.5 Å². The molecule has 1 aliphatic carbocycles. The molecule has 1 saturated carbocycles. The second-order valence-electron chi connectivity index (χ2n) is 4.51. The van der Waals surface area contributed by atoms with Crippen molar-refractivity contribution in [2.45, 2.75) is 18.8 Å². The third-order valence-electron chi connectivity index (χ3n) is 3.06. The van der Waals surface area contributed by atoms with E-state index in [2.05, 4.69) is 26.4 Å². The van der Waals surface area contributed by atoms with Crippen LogP contribution < -0.4 is 21.3 Å². The fourth-order valence-electron chi connectivity index (χ4n) is 1.94. The number of carbonyl (C=O) groups is 1. The number of hydrogen-bond acceptors (Lipinski definition) is 5. The van der Waals surface area contributed by atoms with Crippen molar-refractivity contribution >= 4 is 23.7 Å². The van der Waals surface area contributed by atoms with Gasteiger partial charge < -0.3 is 5.73 Å². The summed E-state index contributed by atoms with van der Waals surface area (Å²) in [7, 11) is 0. The molecule has 1 amide bonds. The van der Waals surface area contributed by atoms with Crippen molar-refractivity contribution in [3.8, 4) is 0 Å². The molecule has 1 aromatic heterocycles. The third kappa shape index (κ3) is 2.35. The van der Waals surface area contributed by atoms with E-state index in [1.807, 2.05) is 18.2 Å². The lowest BCUT2D eigenvalue weighted by atomic mass is 10.1. The van der Waals surface area contributed by atoms with Crippen molar-refractivity contribution in [2.75, 3.05) is 16.2 Å². The highest BCUT2D eigenvalue weighted by Gasteiger charge is 2.25. The van der Waals surface area contributed by atoms with Gasteiger partial charge in [-0.2, -0.15) is 0 Å². The Balaban J connectivity index is 1.81. The number of hydrazine groups is 1. The number of aromatic amines is 1. The number of amides is 1. The number of nitrogen functional groups attached to an aromatic ring is 1. The summed E-state index contributed by atoms with van der Waals surface area (Å²) >= 11 is 0. The Bertz CT molecular complexity index is 593. The molecule has 3 rings (SSSR count). The summed E-state index contributed by atoms with van der Waals surface area (Å²) < 4.78 is 4.60. The van der Waals surface area contributed by atoms with Crippen molar-refractivity contribution in [3.63, 3.8) is 0 Å². The Morgan fingerprint density at radius 3 is 3.00 bits per heavy atom. The monoisotopic (exact) mass is 260 g/mol. The highest BCUT2D eigenvalue weighted by molar-refractivity contribution is 5.79. The topological polar surface area (TPSA) is 98.5 Å². The average molecular weight is 260 g/mol. The minimum Gasteiger partial charge on any atom is -0.361 e. The number of carbonyl (C=O) groups excluding carboxylic acids is 1. The van der Waals surface area contributed by atoms with E-state index in [9.17, 15) is 4.79 Å². The van der Waals surface area contributed by atoms with Gasteiger partial charge in [0, 0.05) is 0 Å². The average Bonchev–Trinajstić information content (AvgIpc) is 3.20. The molecular weight excluding hydrogens is 246 g/mol. The molecule has 0 saturated heterocycles. The van der Waals surface area contributed by atoms with Gasteiger partial charge in [0.15, 0.2) is 0 Å². The van der Waals surface area contributed by atoms with Crippen LogP contribution in [0.4, 0.5) is 17.3 Å². The van der Waals surface area contributed by atoms with Gasteiger partial charge in [-0.25, -0.2) is 5.43 Å². The van der Waals surface area contributed by atoms with Crippen LogP contribution in [0.2, 0.25) is 0 Å². The lowest BCUT2D eigenvalue weighted by Crippen LogP contribution is -2.32. The first-order chi connectivity index (χ1) is 9.28. The molecule has 0 unspecified atom stereocenters. The molecule has 0 spiro atoms. The van der Waals surface area contributed by atoms with Gasteiger partial charge in [-0.1, -0.05) is 17.3 Å². The summed E-state index contributed by atoms with van der Waals surface area (Å²) in [6.07, 6.45) is 3.06. The molecule has 0 aliphatic heterocycles. The molecule has 7 nitrogen and oxygen atoms in total. The van der Waals surface area contributed by atoms with Crippen LogP contribution in [0, 0.1) is 0 Å². The maximum atomic E-state index is 11.1. The molecular formula is C12H14N5O2+. The Labute approximate surface area is 109 Å². The van der Waals surface area contributed by atoms with Gasteiger partial charge in [0.1, 0.15) is 5.16 Å². The van der Waals surface area contributed by atoms with Gasteiger partial charge in [0.05, 0.1) is 5.69 Å². The Morgan fingerprint density at radius 2 is 2.37 bits per heavy atom. The number of nitrogens with zero attached hydrogens (tertiary/aromatic N) is 2. The number of benzene rings is 1. The number of nitrogens with two attached hydrogens (primary N) is 1. The Morgan fingerprint density at radius 1 is 1.53 bits per heavy atom. The first-order valence-electron chi connectivity index (χ1n) is 6.02. The largest absolute Gasteiger partial charge is 0.361 e. The minimum atomic E-state index is 0.109. The smallest absolute Gasteiger partial charge is 0.348 e. The Hall–Kier alpha value is -2.57. The van der Waals surface area contributed by atoms with Crippen molar-refractivity contribution in [1.29, 1.82) is 0 Å². The normalized spacial score (nSPS) is 14.1. The van der Waals surface area contributed by atoms with Crippen LogP contribution in [-0.2, 0) is 4.79 Å². The van der Waals surface area contributed by atoms with E-state index < -0.39 is 0 Å².